The molecule has 0 aliphatic rings. The van der Waals surface area contributed by atoms with Gasteiger partial charge in [0, 0.05) is 25.0 Å². The van der Waals surface area contributed by atoms with Gasteiger partial charge in [0.2, 0.25) is 0 Å². The van der Waals surface area contributed by atoms with E-state index in [2.05, 4.69) is 17.2 Å². The molecule has 4 nitrogen and oxygen atoms in total. The van der Waals surface area contributed by atoms with Gasteiger partial charge in [-0.15, -0.1) is 0 Å². The third kappa shape index (κ3) is 4.13. The molecule has 4 heteroatoms. The highest BCUT2D eigenvalue weighted by Crippen LogP contribution is 2.17. The number of aliphatic carboxylic acids is 1. The zero-order chi connectivity index (χ0) is 15.2. The molecule has 2 N–H and O–H groups in total. The molecule has 0 amide bonds. The molecule has 110 valence electrons. The Labute approximate surface area is 124 Å². The van der Waals surface area contributed by atoms with E-state index in [1.165, 1.54) is 0 Å². The van der Waals surface area contributed by atoms with Crippen LogP contribution in [0.5, 0.6) is 0 Å². The van der Waals surface area contributed by atoms with Gasteiger partial charge in [-0.3, -0.25) is 9.78 Å². The van der Waals surface area contributed by atoms with Crippen LogP contribution >= 0.6 is 0 Å². The first kappa shape index (κ1) is 15.2. The molecule has 0 saturated carbocycles. The van der Waals surface area contributed by atoms with Crippen molar-refractivity contribution in [2.24, 2.45) is 0 Å². The fourth-order valence-corrected chi connectivity index (χ4v) is 2.09. The van der Waals surface area contributed by atoms with Crippen molar-refractivity contribution in [3.05, 3.63) is 65.5 Å². The second kappa shape index (κ2) is 6.99. The fourth-order valence-electron chi connectivity index (χ4n) is 2.09. The van der Waals surface area contributed by atoms with E-state index in [9.17, 15) is 4.79 Å². The van der Waals surface area contributed by atoms with E-state index in [0.29, 0.717) is 0 Å². The minimum Gasteiger partial charge on any atom is -0.481 e. The summed E-state index contributed by atoms with van der Waals surface area (Å²) in [5.74, 6) is -1.27. The summed E-state index contributed by atoms with van der Waals surface area (Å²) in [4.78, 5) is 15.1. The lowest BCUT2D eigenvalue weighted by molar-refractivity contribution is -0.138. The Kier molecular flexibility index (Phi) is 5.06. The van der Waals surface area contributed by atoms with Gasteiger partial charge in [0.05, 0.1) is 5.92 Å². The van der Waals surface area contributed by atoms with E-state index in [-0.39, 0.29) is 6.04 Å². The van der Waals surface area contributed by atoms with Gasteiger partial charge in [-0.25, -0.2) is 0 Å². The monoisotopic (exact) mass is 284 g/mol. The molecule has 1 unspecified atom stereocenters. The number of nitrogens with one attached hydrogen (secondary N) is 1. The summed E-state index contributed by atoms with van der Waals surface area (Å²) in [5, 5.41) is 12.4. The lowest BCUT2D eigenvalue weighted by Gasteiger charge is -2.14. The number of aromatic nitrogens is 1. The van der Waals surface area contributed by atoms with E-state index in [4.69, 9.17) is 5.11 Å². The second-order valence-corrected chi connectivity index (χ2v) is 5.19. The van der Waals surface area contributed by atoms with Crippen LogP contribution in [0.2, 0.25) is 0 Å². The molecule has 0 bridgehead atoms. The van der Waals surface area contributed by atoms with Crippen molar-refractivity contribution in [3.63, 3.8) is 0 Å². The summed E-state index contributed by atoms with van der Waals surface area (Å²) >= 11 is 0. The van der Waals surface area contributed by atoms with Crippen molar-refractivity contribution in [3.8, 4) is 0 Å². The highest BCUT2D eigenvalue weighted by atomic mass is 16.4. The predicted molar refractivity (Wildman–Crippen MR) is 82.0 cm³/mol. The van der Waals surface area contributed by atoms with Crippen molar-refractivity contribution in [2.45, 2.75) is 32.4 Å². The minimum atomic E-state index is -0.800. The zero-order valence-corrected chi connectivity index (χ0v) is 12.3. The number of carboxylic acids is 1. The maximum Gasteiger partial charge on any atom is 0.310 e. The highest BCUT2D eigenvalue weighted by Gasteiger charge is 2.13. The van der Waals surface area contributed by atoms with Crippen molar-refractivity contribution >= 4 is 5.97 Å². The standard InChI is InChI=1S/C17H20N2O2/c1-12(17(20)21)15-7-5-14(6-8-15)10-19-13(2)16-4-3-9-18-11-16/h3-9,11-13,19H,10H2,1-2H3,(H,20,21)/t12?,13-/m0/s1. The SMILES string of the molecule is CC(C(=O)O)c1ccc(CN[C@@H](C)c2cccnc2)cc1. The number of hydrogen-bond donors (Lipinski definition) is 2. The Hall–Kier alpha value is -2.20. The third-order valence-corrected chi connectivity index (χ3v) is 3.65. The van der Waals surface area contributed by atoms with E-state index < -0.39 is 11.9 Å². The molecule has 0 aliphatic carbocycles. The van der Waals surface area contributed by atoms with E-state index in [1.54, 1.807) is 13.1 Å². The molecule has 2 atom stereocenters. The Morgan fingerprint density at radius 1 is 1.19 bits per heavy atom. The first-order valence-electron chi connectivity index (χ1n) is 7.03. The van der Waals surface area contributed by atoms with Gasteiger partial charge in [0.1, 0.15) is 0 Å². The van der Waals surface area contributed by atoms with Gasteiger partial charge >= 0.3 is 5.97 Å². The normalized spacial score (nSPS) is 13.6. The number of nitrogens with zero attached hydrogens (tertiary/aromatic N) is 1. The maximum atomic E-state index is 10.9. The zero-order valence-electron chi connectivity index (χ0n) is 12.3. The predicted octanol–water partition coefficient (Wildman–Crippen LogP) is 3.12. The van der Waals surface area contributed by atoms with Gasteiger partial charge in [0.25, 0.3) is 0 Å². The smallest absolute Gasteiger partial charge is 0.310 e. The molecule has 2 aromatic rings. The summed E-state index contributed by atoms with van der Waals surface area (Å²) in [6.45, 7) is 4.52. The lowest BCUT2D eigenvalue weighted by Crippen LogP contribution is -2.18. The maximum absolute atomic E-state index is 10.9. The number of carbonyl (C=O) groups is 1. The minimum absolute atomic E-state index is 0.219. The van der Waals surface area contributed by atoms with Crippen molar-refractivity contribution < 1.29 is 9.90 Å². The van der Waals surface area contributed by atoms with Crippen LogP contribution in [0.15, 0.2) is 48.8 Å². The van der Waals surface area contributed by atoms with Crippen LogP contribution in [0.25, 0.3) is 0 Å². The Bertz CT molecular complexity index is 581. The fraction of sp³-hybridized carbons (Fsp3) is 0.294. The van der Waals surface area contributed by atoms with E-state index in [1.807, 2.05) is 42.6 Å². The molecule has 1 heterocycles. The van der Waals surface area contributed by atoms with E-state index in [0.717, 1.165) is 23.2 Å². The molecule has 0 spiro atoms. The average Bonchev–Trinajstić information content (AvgIpc) is 2.53. The van der Waals surface area contributed by atoms with Crippen molar-refractivity contribution in [1.82, 2.24) is 10.3 Å². The largest absolute Gasteiger partial charge is 0.481 e. The molecule has 0 radical (unpaired) electrons. The number of rotatable bonds is 6. The van der Waals surface area contributed by atoms with Crippen LogP contribution in [0.3, 0.4) is 0 Å². The number of benzene rings is 1. The lowest BCUT2D eigenvalue weighted by atomic mass is 10.00. The second-order valence-electron chi connectivity index (χ2n) is 5.19. The molecule has 1 aromatic heterocycles. The molecule has 21 heavy (non-hydrogen) atoms. The third-order valence-electron chi connectivity index (χ3n) is 3.65. The Balaban J connectivity index is 1.93. The first-order valence-corrected chi connectivity index (χ1v) is 7.03. The Morgan fingerprint density at radius 2 is 1.90 bits per heavy atom. The van der Waals surface area contributed by atoms with Crippen molar-refractivity contribution in [2.75, 3.05) is 0 Å². The first-order chi connectivity index (χ1) is 10.1. The summed E-state index contributed by atoms with van der Waals surface area (Å²) < 4.78 is 0. The summed E-state index contributed by atoms with van der Waals surface area (Å²) in [5.41, 5.74) is 3.10. The quantitative estimate of drug-likeness (QED) is 0.855. The van der Waals surface area contributed by atoms with Crippen LogP contribution in [0.1, 0.15) is 42.5 Å². The number of carboxylic acid groups (broad SMARTS) is 1. The highest BCUT2D eigenvalue weighted by molar-refractivity contribution is 5.75. The molecular weight excluding hydrogens is 264 g/mol. The summed E-state index contributed by atoms with van der Waals surface area (Å²) in [7, 11) is 0. The molecule has 0 fully saturated rings. The molecule has 1 aromatic carbocycles. The summed E-state index contributed by atoms with van der Waals surface area (Å²) in [6.07, 6.45) is 3.62. The van der Waals surface area contributed by atoms with Gasteiger partial charge < -0.3 is 10.4 Å². The van der Waals surface area contributed by atoms with Crippen LogP contribution in [0, 0.1) is 0 Å². The average molecular weight is 284 g/mol. The number of pyridine rings is 1. The topological polar surface area (TPSA) is 62.2 Å². The van der Waals surface area contributed by atoms with Gasteiger partial charge in [0.15, 0.2) is 0 Å². The molecule has 0 saturated heterocycles. The van der Waals surface area contributed by atoms with Gasteiger partial charge in [-0.05, 0) is 36.6 Å². The van der Waals surface area contributed by atoms with Crippen LogP contribution in [0.4, 0.5) is 0 Å². The van der Waals surface area contributed by atoms with Crippen LogP contribution < -0.4 is 5.32 Å². The van der Waals surface area contributed by atoms with Crippen molar-refractivity contribution in [1.29, 1.82) is 0 Å². The van der Waals surface area contributed by atoms with Crippen LogP contribution in [-0.2, 0) is 11.3 Å². The van der Waals surface area contributed by atoms with Crippen LogP contribution in [-0.4, -0.2) is 16.1 Å². The molecular formula is C17H20N2O2. The van der Waals surface area contributed by atoms with Gasteiger partial charge in [-0.1, -0.05) is 30.3 Å². The number of hydrogen-bond acceptors (Lipinski definition) is 3. The molecule has 2 rings (SSSR count). The van der Waals surface area contributed by atoms with Gasteiger partial charge in [-0.2, -0.15) is 0 Å². The molecule has 0 aliphatic heterocycles. The summed E-state index contributed by atoms with van der Waals surface area (Å²) in [6, 6.07) is 11.9. The van der Waals surface area contributed by atoms with E-state index >= 15 is 0 Å². The Morgan fingerprint density at radius 3 is 2.48 bits per heavy atom.